The molecule has 0 unspecified atom stereocenters. The van der Waals surface area contributed by atoms with Gasteiger partial charge in [-0.1, -0.05) is 30.3 Å². The molecule has 2 amide bonds. The van der Waals surface area contributed by atoms with Crippen molar-refractivity contribution in [2.24, 2.45) is 0 Å². The van der Waals surface area contributed by atoms with Crippen molar-refractivity contribution in [3.63, 3.8) is 0 Å². The van der Waals surface area contributed by atoms with E-state index in [0.29, 0.717) is 44.5 Å². The summed E-state index contributed by atoms with van der Waals surface area (Å²) in [6.45, 7) is -0.676. The van der Waals surface area contributed by atoms with Crippen LogP contribution in [0, 0.1) is 0 Å². The van der Waals surface area contributed by atoms with E-state index in [1.807, 2.05) is 0 Å². The topological polar surface area (TPSA) is 105 Å². The number of carbonyl (C=O) groups is 3. The maximum atomic E-state index is 12.3. The van der Waals surface area contributed by atoms with E-state index in [4.69, 9.17) is 9.52 Å². The first-order valence-electron chi connectivity index (χ1n) is 8.53. The second-order valence-corrected chi connectivity index (χ2v) is 7.25. The molecule has 3 aromatic rings. The van der Waals surface area contributed by atoms with E-state index in [9.17, 15) is 19.2 Å². The van der Waals surface area contributed by atoms with Crippen LogP contribution in [0.25, 0.3) is 28.4 Å². The fourth-order valence-electron chi connectivity index (χ4n) is 2.95. The van der Waals surface area contributed by atoms with Crippen LogP contribution in [0.4, 0.5) is 4.79 Å². The van der Waals surface area contributed by atoms with Gasteiger partial charge in [0.1, 0.15) is 17.9 Å². The Bertz CT molecular complexity index is 1260. The summed E-state index contributed by atoms with van der Waals surface area (Å²) in [6, 6.07) is 15.3. The summed E-state index contributed by atoms with van der Waals surface area (Å²) in [4.78, 5) is 48.1. The highest BCUT2D eigenvalue weighted by Gasteiger charge is 2.36. The first-order chi connectivity index (χ1) is 13.9. The molecule has 0 atom stereocenters. The number of para-hydroxylation sites is 1. The molecule has 1 aliphatic heterocycles. The summed E-state index contributed by atoms with van der Waals surface area (Å²) in [6.07, 6.45) is 1.51. The van der Waals surface area contributed by atoms with Crippen molar-refractivity contribution < 1.29 is 23.9 Å². The predicted octanol–water partition coefficient (Wildman–Crippen LogP) is 3.58. The highest BCUT2D eigenvalue weighted by atomic mass is 32.2. The minimum absolute atomic E-state index is 0.133. The minimum Gasteiger partial charge on any atom is -0.480 e. The number of benzene rings is 2. The van der Waals surface area contributed by atoms with Crippen molar-refractivity contribution in [3.8, 4) is 11.3 Å². The van der Waals surface area contributed by atoms with Crippen LogP contribution in [0.3, 0.4) is 0 Å². The highest BCUT2D eigenvalue weighted by molar-refractivity contribution is 8.18. The number of nitrogens with zero attached hydrogens (tertiary/aromatic N) is 1. The number of fused-ring (bicyclic) bond motifs is 1. The van der Waals surface area contributed by atoms with Gasteiger partial charge in [0.2, 0.25) is 0 Å². The summed E-state index contributed by atoms with van der Waals surface area (Å²) < 4.78 is 5.83. The molecule has 0 spiro atoms. The fraction of sp³-hybridized carbons (Fsp3) is 0.0476. The van der Waals surface area contributed by atoms with Gasteiger partial charge in [-0.3, -0.25) is 24.1 Å². The lowest BCUT2D eigenvalue weighted by molar-refractivity contribution is -0.140. The lowest BCUT2D eigenvalue weighted by Gasteiger charge is -2.07. The Morgan fingerprint density at radius 2 is 1.86 bits per heavy atom. The number of hydrogen-bond donors (Lipinski definition) is 1. The van der Waals surface area contributed by atoms with Crippen LogP contribution < -0.4 is 5.43 Å². The molecule has 1 fully saturated rings. The standard InChI is InChI=1S/C21H13NO6S/c23-15-10-17(28-16-7-2-1-6-14(15)16)13-5-3-4-12(8-13)9-18-20(26)22(11-19(24)25)21(27)29-18/h1-10H,11H2,(H,24,25)/b18-9-. The number of carboxylic acids is 1. The van der Waals surface area contributed by atoms with Crippen molar-refractivity contribution in [3.05, 3.63) is 75.3 Å². The van der Waals surface area contributed by atoms with Crippen molar-refractivity contribution in [1.29, 1.82) is 0 Å². The van der Waals surface area contributed by atoms with E-state index in [1.54, 1.807) is 48.5 Å². The minimum atomic E-state index is -1.26. The van der Waals surface area contributed by atoms with Gasteiger partial charge in [-0.15, -0.1) is 0 Å². The SMILES string of the molecule is O=C(O)CN1C(=O)S/C(=C\c2cccc(-c3cc(=O)c4ccccc4o3)c2)C1=O. The van der Waals surface area contributed by atoms with Gasteiger partial charge in [-0.25, -0.2) is 0 Å². The smallest absolute Gasteiger partial charge is 0.323 e. The van der Waals surface area contributed by atoms with Crippen molar-refractivity contribution in [2.75, 3.05) is 6.54 Å². The molecule has 29 heavy (non-hydrogen) atoms. The number of imide groups is 1. The van der Waals surface area contributed by atoms with Gasteiger partial charge in [0, 0.05) is 11.6 Å². The third-order valence-corrected chi connectivity index (χ3v) is 5.18. The molecule has 1 aliphatic rings. The Kier molecular flexibility index (Phi) is 4.77. The maximum Gasteiger partial charge on any atom is 0.323 e. The molecule has 0 bridgehead atoms. The zero-order chi connectivity index (χ0) is 20.5. The lowest BCUT2D eigenvalue weighted by atomic mass is 10.1. The monoisotopic (exact) mass is 407 g/mol. The Balaban J connectivity index is 1.69. The molecule has 8 heteroatoms. The van der Waals surface area contributed by atoms with Crippen LogP contribution >= 0.6 is 11.8 Å². The van der Waals surface area contributed by atoms with Gasteiger partial charge >= 0.3 is 5.97 Å². The van der Waals surface area contributed by atoms with Gasteiger partial charge < -0.3 is 9.52 Å². The van der Waals surface area contributed by atoms with E-state index >= 15 is 0 Å². The molecule has 1 saturated heterocycles. The first-order valence-corrected chi connectivity index (χ1v) is 9.34. The van der Waals surface area contributed by atoms with Crippen LogP contribution in [0.2, 0.25) is 0 Å². The second-order valence-electron chi connectivity index (χ2n) is 6.26. The van der Waals surface area contributed by atoms with Gasteiger partial charge in [-0.05, 0) is 41.6 Å². The Labute approximate surface area is 168 Å². The van der Waals surface area contributed by atoms with Gasteiger partial charge in [0.25, 0.3) is 11.1 Å². The van der Waals surface area contributed by atoms with Crippen molar-refractivity contribution in [2.45, 2.75) is 0 Å². The van der Waals surface area contributed by atoms with Crippen LogP contribution in [0.15, 0.2) is 68.7 Å². The molecule has 0 aliphatic carbocycles. The van der Waals surface area contributed by atoms with E-state index < -0.39 is 23.7 Å². The summed E-state index contributed by atoms with van der Waals surface area (Å²) >= 11 is 0.686. The lowest BCUT2D eigenvalue weighted by Crippen LogP contribution is -2.33. The Morgan fingerprint density at radius 3 is 2.66 bits per heavy atom. The third-order valence-electron chi connectivity index (χ3n) is 4.27. The summed E-state index contributed by atoms with van der Waals surface area (Å²) in [7, 11) is 0. The number of rotatable bonds is 4. The van der Waals surface area contributed by atoms with Gasteiger partial charge in [0.05, 0.1) is 10.3 Å². The molecule has 4 rings (SSSR count). The largest absolute Gasteiger partial charge is 0.480 e. The molecule has 2 aromatic carbocycles. The zero-order valence-corrected chi connectivity index (χ0v) is 15.6. The summed E-state index contributed by atoms with van der Waals surface area (Å²) in [5.74, 6) is -1.53. The molecule has 144 valence electrons. The average molecular weight is 407 g/mol. The Morgan fingerprint density at radius 1 is 1.07 bits per heavy atom. The quantitative estimate of drug-likeness (QED) is 0.659. The second kappa shape index (κ2) is 7.40. The molecular weight excluding hydrogens is 394 g/mol. The number of carboxylic acid groups (broad SMARTS) is 1. The predicted molar refractivity (Wildman–Crippen MR) is 108 cm³/mol. The fourth-order valence-corrected chi connectivity index (χ4v) is 3.79. The molecule has 0 radical (unpaired) electrons. The third kappa shape index (κ3) is 3.70. The van der Waals surface area contributed by atoms with Crippen molar-refractivity contribution in [1.82, 2.24) is 4.90 Å². The molecule has 7 nitrogen and oxygen atoms in total. The van der Waals surface area contributed by atoms with Gasteiger partial charge in [-0.2, -0.15) is 0 Å². The highest BCUT2D eigenvalue weighted by Crippen LogP contribution is 2.32. The molecule has 0 saturated carbocycles. The molecule has 1 N–H and O–H groups in total. The van der Waals surface area contributed by atoms with Crippen LogP contribution in [0.5, 0.6) is 0 Å². The number of hydrogen-bond acceptors (Lipinski definition) is 6. The van der Waals surface area contributed by atoms with E-state index in [2.05, 4.69) is 0 Å². The Hall–Kier alpha value is -3.65. The summed E-state index contributed by atoms with van der Waals surface area (Å²) in [5.41, 5.74) is 1.54. The average Bonchev–Trinajstić information content (AvgIpc) is 2.95. The number of amides is 2. The van der Waals surface area contributed by atoms with E-state index in [1.165, 1.54) is 12.1 Å². The van der Waals surface area contributed by atoms with Gasteiger partial charge in [0.15, 0.2) is 5.43 Å². The summed E-state index contributed by atoms with van der Waals surface area (Å²) in [5, 5.41) is 8.70. The van der Waals surface area contributed by atoms with E-state index in [0.717, 1.165) is 0 Å². The zero-order valence-electron chi connectivity index (χ0n) is 14.8. The number of carbonyl (C=O) groups excluding carboxylic acids is 2. The molecule has 2 heterocycles. The van der Waals surface area contributed by atoms with E-state index in [-0.39, 0.29) is 10.3 Å². The molecular formula is C21H13NO6S. The maximum absolute atomic E-state index is 12.3. The normalized spacial score (nSPS) is 15.4. The number of aliphatic carboxylic acids is 1. The van der Waals surface area contributed by atoms with Crippen LogP contribution in [-0.2, 0) is 9.59 Å². The number of thioether (sulfide) groups is 1. The van der Waals surface area contributed by atoms with Crippen molar-refractivity contribution >= 4 is 45.9 Å². The first kappa shape index (κ1) is 18.7. The van der Waals surface area contributed by atoms with Crippen LogP contribution in [0.1, 0.15) is 5.56 Å². The van der Waals surface area contributed by atoms with Crippen LogP contribution in [-0.4, -0.2) is 33.7 Å². The molecule has 1 aromatic heterocycles.